The monoisotopic (exact) mass is 626 g/mol. The molecule has 0 bridgehead atoms. The second kappa shape index (κ2) is 15.4. The van der Waals surface area contributed by atoms with Gasteiger partial charge < -0.3 is 39.4 Å². The third kappa shape index (κ3) is 8.23. The van der Waals surface area contributed by atoms with Gasteiger partial charge in [0.1, 0.15) is 5.56 Å². The minimum atomic E-state index is -0.398. The molecule has 0 radical (unpaired) electrons. The summed E-state index contributed by atoms with van der Waals surface area (Å²) < 4.78 is 23.3. The van der Waals surface area contributed by atoms with Crippen LogP contribution in [0.4, 0.5) is 17.3 Å². The number of benzene rings is 3. The number of amides is 1. The van der Waals surface area contributed by atoms with Gasteiger partial charge in [-0.2, -0.15) is 4.98 Å². The van der Waals surface area contributed by atoms with E-state index in [1.807, 2.05) is 62.4 Å². The standard InChI is InChI=1S/C35H42N6O5/c1-24-10-8-11-25(2)32(24)38-33(42)27-23-36-35(39-34(27)46-30-13-7-6-12-28(30)43-4)37-26-14-15-29(31(22-26)44-5)45-21-9-16-41-19-17-40(3)18-20-41/h6-8,10-15,22-23H,9,16-21H2,1-5H3,(H,38,42)(H,36,37,39). The highest BCUT2D eigenvalue weighted by Crippen LogP contribution is 2.34. The van der Waals surface area contributed by atoms with Crippen molar-refractivity contribution in [3.05, 3.63) is 83.6 Å². The molecule has 1 aliphatic rings. The van der Waals surface area contributed by atoms with Gasteiger partial charge in [0.15, 0.2) is 23.0 Å². The van der Waals surface area contributed by atoms with Crippen LogP contribution < -0.4 is 29.6 Å². The molecular formula is C35H42N6O5. The normalized spacial score (nSPS) is 13.6. The number of methoxy groups -OCH3 is 2. The molecule has 0 unspecified atom stereocenters. The van der Waals surface area contributed by atoms with Crippen LogP contribution in [0.2, 0.25) is 0 Å². The van der Waals surface area contributed by atoms with Gasteiger partial charge in [-0.1, -0.05) is 30.3 Å². The molecule has 1 saturated heterocycles. The van der Waals surface area contributed by atoms with Gasteiger partial charge in [-0.15, -0.1) is 0 Å². The number of nitrogens with one attached hydrogen (secondary N) is 2. The number of carbonyl (C=O) groups is 1. The summed E-state index contributed by atoms with van der Waals surface area (Å²) in [5.74, 6) is 2.05. The Morgan fingerprint density at radius 3 is 2.30 bits per heavy atom. The Kier molecular flexibility index (Phi) is 10.9. The molecule has 46 heavy (non-hydrogen) atoms. The SMILES string of the molecule is COc1cc(Nc2ncc(C(=O)Nc3c(C)cccc3C)c(Oc3ccccc3OC)n2)ccc1OCCCN1CCN(C)CC1. The van der Waals surface area contributed by atoms with Crippen molar-refractivity contribution in [2.45, 2.75) is 20.3 Å². The number of likely N-dealkylation sites (N-methyl/N-ethyl adjacent to an activating group) is 1. The van der Waals surface area contributed by atoms with Crippen molar-refractivity contribution in [3.63, 3.8) is 0 Å². The number of rotatable bonds is 13. The molecule has 0 saturated carbocycles. The molecule has 1 fully saturated rings. The van der Waals surface area contributed by atoms with E-state index < -0.39 is 5.91 Å². The number of ether oxygens (including phenoxy) is 4. The van der Waals surface area contributed by atoms with E-state index in [2.05, 4.69) is 37.4 Å². The van der Waals surface area contributed by atoms with Crippen LogP contribution in [0.1, 0.15) is 27.9 Å². The van der Waals surface area contributed by atoms with Gasteiger partial charge in [-0.05, 0) is 62.7 Å². The fourth-order valence-electron chi connectivity index (χ4n) is 5.20. The van der Waals surface area contributed by atoms with E-state index in [-0.39, 0.29) is 17.4 Å². The fraction of sp³-hybridized carbons (Fsp3) is 0.343. The Morgan fingerprint density at radius 2 is 1.59 bits per heavy atom. The summed E-state index contributed by atoms with van der Waals surface area (Å²) in [4.78, 5) is 27.4. The zero-order valence-corrected chi connectivity index (χ0v) is 27.1. The van der Waals surface area contributed by atoms with Crippen LogP contribution in [0.5, 0.6) is 28.9 Å². The number of para-hydroxylation sites is 3. The van der Waals surface area contributed by atoms with Crippen molar-refractivity contribution < 1.29 is 23.7 Å². The molecule has 5 rings (SSSR count). The minimum Gasteiger partial charge on any atom is -0.493 e. The highest BCUT2D eigenvalue weighted by molar-refractivity contribution is 6.06. The summed E-state index contributed by atoms with van der Waals surface area (Å²) in [6.07, 6.45) is 2.37. The van der Waals surface area contributed by atoms with E-state index in [0.717, 1.165) is 56.0 Å². The van der Waals surface area contributed by atoms with Gasteiger partial charge in [-0.25, -0.2) is 4.98 Å². The number of aromatic nitrogens is 2. The predicted molar refractivity (Wildman–Crippen MR) is 179 cm³/mol. The molecule has 0 spiro atoms. The lowest BCUT2D eigenvalue weighted by Gasteiger charge is -2.32. The molecular weight excluding hydrogens is 584 g/mol. The summed E-state index contributed by atoms with van der Waals surface area (Å²) in [5, 5.41) is 6.19. The van der Waals surface area contributed by atoms with E-state index in [1.165, 1.54) is 6.20 Å². The molecule has 0 atom stereocenters. The van der Waals surface area contributed by atoms with E-state index >= 15 is 0 Å². The highest BCUT2D eigenvalue weighted by Gasteiger charge is 2.20. The van der Waals surface area contributed by atoms with Gasteiger partial charge in [0.05, 0.1) is 20.8 Å². The van der Waals surface area contributed by atoms with Crippen molar-refractivity contribution in [1.29, 1.82) is 0 Å². The van der Waals surface area contributed by atoms with Gasteiger partial charge >= 0.3 is 0 Å². The first-order valence-corrected chi connectivity index (χ1v) is 15.4. The van der Waals surface area contributed by atoms with Crippen molar-refractivity contribution >= 4 is 23.2 Å². The first-order valence-electron chi connectivity index (χ1n) is 15.4. The highest BCUT2D eigenvalue weighted by atomic mass is 16.5. The van der Waals surface area contributed by atoms with E-state index in [4.69, 9.17) is 18.9 Å². The number of nitrogens with zero attached hydrogens (tertiary/aromatic N) is 4. The molecule has 3 aromatic carbocycles. The average molecular weight is 627 g/mol. The van der Waals surface area contributed by atoms with E-state index in [0.29, 0.717) is 35.3 Å². The zero-order valence-electron chi connectivity index (χ0n) is 27.1. The number of aryl methyl sites for hydroxylation is 2. The number of anilines is 3. The number of piperazine rings is 1. The fourth-order valence-corrected chi connectivity index (χ4v) is 5.20. The summed E-state index contributed by atoms with van der Waals surface area (Å²) >= 11 is 0. The summed E-state index contributed by atoms with van der Waals surface area (Å²) in [5.41, 5.74) is 3.45. The Bertz CT molecular complexity index is 1620. The lowest BCUT2D eigenvalue weighted by Crippen LogP contribution is -2.44. The van der Waals surface area contributed by atoms with Gasteiger partial charge in [0.2, 0.25) is 11.8 Å². The zero-order chi connectivity index (χ0) is 32.5. The third-order valence-electron chi connectivity index (χ3n) is 7.89. The number of carbonyl (C=O) groups excluding carboxylic acids is 1. The summed E-state index contributed by atoms with van der Waals surface area (Å²) in [7, 11) is 5.32. The summed E-state index contributed by atoms with van der Waals surface area (Å²) in [6.45, 7) is 9.86. The third-order valence-corrected chi connectivity index (χ3v) is 7.89. The molecule has 242 valence electrons. The first kappa shape index (κ1) is 32.5. The molecule has 0 aliphatic carbocycles. The van der Waals surface area contributed by atoms with Crippen molar-refractivity contribution in [1.82, 2.24) is 19.8 Å². The lowest BCUT2D eigenvalue weighted by atomic mass is 10.1. The summed E-state index contributed by atoms with van der Waals surface area (Å²) in [6, 6.07) is 18.5. The van der Waals surface area contributed by atoms with Crippen LogP contribution in [-0.4, -0.2) is 86.3 Å². The molecule has 1 aliphatic heterocycles. The van der Waals surface area contributed by atoms with Gasteiger partial charge in [0, 0.05) is 56.4 Å². The topological polar surface area (TPSA) is 110 Å². The van der Waals surface area contributed by atoms with E-state index in [1.54, 1.807) is 26.4 Å². The molecule has 1 aromatic heterocycles. The second-order valence-electron chi connectivity index (χ2n) is 11.2. The van der Waals surface area contributed by atoms with Crippen LogP contribution in [0.3, 0.4) is 0 Å². The Labute approximate surface area is 270 Å². The van der Waals surface area contributed by atoms with Gasteiger partial charge in [-0.3, -0.25) is 4.79 Å². The van der Waals surface area contributed by atoms with Crippen molar-refractivity contribution in [3.8, 4) is 28.9 Å². The molecule has 11 heteroatoms. The Hall–Kier alpha value is -4.87. The largest absolute Gasteiger partial charge is 0.493 e. The molecule has 4 aromatic rings. The number of hydrogen-bond acceptors (Lipinski definition) is 10. The molecule has 1 amide bonds. The van der Waals surface area contributed by atoms with Crippen LogP contribution in [0.15, 0.2) is 66.9 Å². The maximum Gasteiger partial charge on any atom is 0.262 e. The van der Waals surface area contributed by atoms with Gasteiger partial charge in [0.25, 0.3) is 5.91 Å². The smallest absolute Gasteiger partial charge is 0.262 e. The molecule has 2 heterocycles. The number of hydrogen-bond donors (Lipinski definition) is 2. The van der Waals surface area contributed by atoms with E-state index in [9.17, 15) is 4.79 Å². The molecule has 11 nitrogen and oxygen atoms in total. The second-order valence-corrected chi connectivity index (χ2v) is 11.2. The maximum atomic E-state index is 13.5. The minimum absolute atomic E-state index is 0.0676. The van der Waals surface area contributed by atoms with Crippen LogP contribution >= 0.6 is 0 Å². The van der Waals surface area contributed by atoms with Crippen molar-refractivity contribution in [2.75, 3.05) is 71.2 Å². The lowest BCUT2D eigenvalue weighted by molar-refractivity contribution is 0.102. The quantitative estimate of drug-likeness (QED) is 0.174. The predicted octanol–water partition coefficient (Wildman–Crippen LogP) is 5.92. The maximum absolute atomic E-state index is 13.5. The first-order chi connectivity index (χ1) is 22.3. The van der Waals surface area contributed by atoms with Crippen LogP contribution in [-0.2, 0) is 0 Å². The average Bonchev–Trinajstić information content (AvgIpc) is 3.06. The van der Waals surface area contributed by atoms with Crippen LogP contribution in [0.25, 0.3) is 0 Å². The molecule has 2 N–H and O–H groups in total. The van der Waals surface area contributed by atoms with Crippen LogP contribution in [0, 0.1) is 13.8 Å². The van der Waals surface area contributed by atoms with Crippen molar-refractivity contribution in [2.24, 2.45) is 0 Å². The Morgan fingerprint density at radius 1 is 0.870 bits per heavy atom. The Balaban J connectivity index is 1.32.